The van der Waals surface area contributed by atoms with E-state index in [4.69, 9.17) is 10.2 Å². The predicted octanol–water partition coefficient (Wildman–Crippen LogP) is 3.51. The van der Waals surface area contributed by atoms with E-state index >= 15 is 0 Å². The van der Waals surface area contributed by atoms with Crippen LogP contribution in [0.1, 0.15) is 29.1 Å². The molecule has 4 nitrogen and oxygen atoms in total. The van der Waals surface area contributed by atoms with Crippen LogP contribution in [0.5, 0.6) is 0 Å². The Morgan fingerprint density at radius 2 is 1.86 bits per heavy atom. The van der Waals surface area contributed by atoms with Crippen LogP contribution in [0.25, 0.3) is 11.0 Å². The molecule has 1 amide bonds. The zero-order valence-corrected chi connectivity index (χ0v) is 11.7. The van der Waals surface area contributed by atoms with E-state index in [0.29, 0.717) is 17.0 Å². The summed E-state index contributed by atoms with van der Waals surface area (Å²) in [5.41, 5.74) is 8.07. The molecule has 3 aromatic rings. The molecule has 0 spiro atoms. The normalized spacial score (nSPS) is 12.2. The summed E-state index contributed by atoms with van der Waals surface area (Å²) in [6.07, 6.45) is 0. The minimum absolute atomic E-state index is 0.119. The average Bonchev–Trinajstić information content (AvgIpc) is 2.92. The lowest BCUT2D eigenvalue weighted by Gasteiger charge is -2.13. The zero-order valence-electron chi connectivity index (χ0n) is 11.7. The first-order chi connectivity index (χ1) is 10.1. The quantitative estimate of drug-likeness (QED) is 0.721. The first kappa shape index (κ1) is 13.2. The highest BCUT2D eigenvalue weighted by atomic mass is 16.3. The smallest absolute Gasteiger partial charge is 0.287 e. The molecular weight excluding hydrogens is 264 g/mol. The van der Waals surface area contributed by atoms with Crippen molar-refractivity contribution >= 4 is 22.6 Å². The number of hydrogen-bond donors (Lipinski definition) is 2. The Labute approximate surface area is 122 Å². The number of anilines is 1. The van der Waals surface area contributed by atoms with Gasteiger partial charge in [-0.05, 0) is 36.8 Å². The van der Waals surface area contributed by atoms with Gasteiger partial charge in [-0.2, -0.15) is 0 Å². The second-order valence-corrected chi connectivity index (χ2v) is 5.01. The molecular formula is C17H16N2O2. The average molecular weight is 280 g/mol. The zero-order chi connectivity index (χ0) is 14.8. The van der Waals surface area contributed by atoms with Crippen molar-refractivity contribution in [2.75, 3.05) is 5.73 Å². The van der Waals surface area contributed by atoms with Crippen LogP contribution in [-0.2, 0) is 0 Å². The van der Waals surface area contributed by atoms with Crippen LogP contribution < -0.4 is 11.1 Å². The monoisotopic (exact) mass is 280 g/mol. The fourth-order valence-corrected chi connectivity index (χ4v) is 2.23. The van der Waals surface area contributed by atoms with Crippen molar-refractivity contribution < 1.29 is 9.21 Å². The minimum Gasteiger partial charge on any atom is -0.451 e. The molecule has 3 rings (SSSR count). The molecule has 1 aromatic heterocycles. The topological polar surface area (TPSA) is 68.3 Å². The lowest BCUT2D eigenvalue weighted by atomic mass is 10.1. The number of nitrogens with one attached hydrogen (secondary N) is 1. The van der Waals surface area contributed by atoms with Gasteiger partial charge in [0.1, 0.15) is 5.58 Å². The summed E-state index contributed by atoms with van der Waals surface area (Å²) in [6, 6.07) is 16.6. The number of para-hydroxylation sites is 1. The van der Waals surface area contributed by atoms with E-state index in [1.54, 1.807) is 6.07 Å². The van der Waals surface area contributed by atoms with Crippen molar-refractivity contribution in [1.29, 1.82) is 0 Å². The van der Waals surface area contributed by atoms with E-state index in [-0.39, 0.29) is 11.9 Å². The Morgan fingerprint density at radius 3 is 2.57 bits per heavy atom. The standard InChI is InChI=1S/C17H16N2O2/c1-11(12-6-8-14(18)9-7-12)19-17(20)16-10-13-4-2-3-5-15(13)21-16/h2-11H,18H2,1H3,(H,19,20). The number of furan rings is 1. The number of amides is 1. The summed E-state index contributed by atoms with van der Waals surface area (Å²) >= 11 is 0. The van der Waals surface area contributed by atoms with Gasteiger partial charge < -0.3 is 15.5 Å². The predicted molar refractivity (Wildman–Crippen MR) is 82.9 cm³/mol. The highest BCUT2D eigenvalue weighted by Gasteiger charge is 2.15. The van der Waals surface area contributed by atoms with Gasteiger partial charge in [-0.25, -0.2) is 0 Å². The van der Waals surface area contributed by atoms with Gasteiger partial charge in [0.05, 0.1) is 6.04 Å². The van der Waals surface area contributed by atoms with E-state index in [9.17, 15) is 4.79 Å². The third kappa shape index (κ3) is 2.74. The molecule has 1 heterocycles. The van der Waals surface area contributed by atoms with E-state index in [2.05, 4.69) is 5.32 Å². The highest BCUT2D eigenvalue weighted by molar-refractivity contribution is 5.96. The van der Waals surface area contributed by atoms with Crippen LogP contribution >= 0.6 is 0 Å². The van der Waals surface area contributed by atoms with Crippen LogP contribution in [0, 0.1) is 0 Å². The Balaban J connectivity index is 1.77. The Bertz CT molecular complexity index is 742. The van der Waals surface area contributed by atoms with Gasteiger partial charge in [0.2, 0.25) is 0 Å². The Morgan fingerprint density at radius 1 is 1.14 bits per heavy atom. The van der Waals surface area contributed by atoms with Crippen molar-refractivity contribution in [2.45, 2.75) is 13.0 Å². The third-order valence-corrected chi connectivity index (χ3v) is 3.43. The fraction of sp³-hybridized carbons (Fsp3) is 0.118. The maximum absolute atomic E-state index is 12.2. The lowest BCUT2D eigenvalue weighted by molar-refractivity contribution is 0.0914. The number of carbonyl (C=O) groups excluding carboxylic acids is 1. The molecule has 0 aliphatic carbocycles. The summed E-state index contributed by atoms with van der Waals surface area (Å²) < 4.78 is 5.55. The van der Waals surface area contributed by atoms with Gasteiger partial charge in [-0.3, -0.25) is 4.79 Å². The number of fused-ring (bicyclic) bond motifs is 1. The van der Waals surface area contributed by atoms with Crippen LogP contribution in [0.15, 0.2) is 59.0 Å². The number of nitrogens with two attached hydrogens (primary N) is 1. The molecule has 0 saturated heterocycles. The summed E-state index contributed by atoms with van der Waals surface area (Å²) in [7, 11) is 0. The fourth-order valence-electron chi connectivity index (χ4n) is 2.23. The SMILES string of the molecule is CC(NC(=O)c1cc2ccccc2o1)c1ccc(N)cc1. The van der Waals surface area contributed by atoms with Gasteiger partial charge >= 0.3 is 0 Å². The number of carbonyl (C=O) groups is 1. The molecule has 1 atom stereocenters. The van der Waals surface area contributed by atoms with Crippen molar-refractivity contribution in [3.05, 3.63) is 65.9 Å². The molecule has 1 unspecified atom stereocenters. The van der Waals surface area contributed by atoms with Crippen LogP contribution in [-0.4, -0.2) is 5.91 Å². The van der Waals surface area contributed by atoms with Gasteiger partial charge in [0, 0.05) is 11.1 Å². The first-order valence-electron chi connectivity index (χ1n) is 6.78. The molecule has 0 radical (unpaired) electrons. The van der Waals surface area contributed by atoms with Gasteiger partial charge in [-0.15, -0.1) is 0 Å². The van der Waals surface area contributed by atoms with Gasteiger partial charge in [-0.1, -0.05) is 30.3 Å². The van der Waals surface area contributed by atoms with E-state index in [1.165, 1.54) is 0 Å². The highest BCUT2D eigenvalue weighted by Crippen LogP contribution is 2.20. The Hall–Kier alpha value is -2.75. The molecule has 4 heteroatoms. The largest absolute Gasteiger partial charge is 0.451 e. The summed E-state index contributed by atoms with van der Waals surface area (Å²) in [4.78, 5) is 12.2. The first-order valence-corrected chi connectivity index (χ1v) is 6.78. The molecule has 21 heavy (non-hydrogen) atoms. The summed E-state index contributed by atoms with van der Waals surface area (Å²) in [5, 5.41) is 3.84. The lowest BCUT2D eigenvalue weighted by Crippen LogP contribution is -2.26. The van der Waals surface area contributed by atoms with Gasteiger partial charge in [0.25, 0.3) is 5.91 Å². The molecule has 0 bridgehead atoms. The van der Waals surface area contributed by atoms with E-state index < -0.39 is 0 Å². The number of hydrogen-bond acceptors (Lipinski definition) is 3. The molecule has 0 fully saturated rings. The van der Waals surface area contributed by atoms with Gasteiger partial charge in [0.15, 0.2) is 5.76 Å². The van der Waals surface area contributed by atoms with Crippen molar-refractivity contribution in [2.24, 2.45) is 0 Å². The molecule has 0 aliphatic rings. The second kappa shape index (κ2) is 5.32. The maximum Gasteiger partial charge on any atom is 0.287 e. The molecule has 0 saturated carbocycles. The second-order valence-electron chi connectivity index (χ2n) is 5.01. The van der Waals surface area contributed by atoms with E-state index in [0.717, 1.165) is 10.9 Å². The third-order valence-electron chi connectivity index (χ3n) is 3.43. The molecule has 3 N–H and O–H groups in total. The number of benzene rings is 2. The van der Waals surface area contributed by atoms with Crippen molar-refractivity contribution in [3.8, 4) is 0 Å². The number of rotatable bonds is 3. The summed E-state index contributed by atoms with van der Waals surface area (Å²) in [6.45, 7) is 1.92. The molecule has 106 valence electrons. The minimum atomic E-state index is -0.226. The maximum atomic E-state index is 12.2. The van der Waals surface area contributed by atoms with Crippen LogP contribution in [0.3, 0.4) is 0 Å². The van der Waals surface area contributed by atoms with Crippen LogP contribution in [0.4, 0.5) is 5.69 Å². The molecule has 0 aliphatic heterocycles. The van der Waals surface area contributed by atoms with Crippen molar-refractivity contribution in [1.82, 2.24) is 5.32 Å². The number of nitrogen functional groups attached to an aromatic ring is 1. The Kier molecular flexibility index (Phi) is 3.36. The summed E-state index contributed by atoms with van der Waals surface area (Å²) in [5.74, 6) is 0.0917. The van der Waals surface area contributed by atoms with Crippen LogP contribution in [0.2, 0.25) is 0 Å². The van der Waals surface area contributed by atoms with E-state index in [1.807, 2.05) is 55.5 Å². The molecule has 2 aromatic carbocycles. The van der Waals surface area contributed by atoms with Crippen molar-refractivity contribution in [3.63, 3.8) is 0 Å².